The Labute approximate surface area is 149 Å². The molecule has 26 heavy (non-hydrogen) atoms. The summed E-state index contributed by atoms with van der Waals surface area (Å²) in [5, 5.41) is 2.67. The van der Waals surface area contributed by atoms with Gasteiger partial charge in [-0.1, -0.05) is 12.1 Å². The Kier molecular flexibility index (Phi) is 5.90. The molecule has 4 nitrogen and oxygen atoms in total. The molecule has 1 aliphatic heterocycles. The molecular formula is C19H19F3N2O2. The van der Waals surface area contributed by atoms with Crippen LogP contribution >= 0.6 is 0 Å². The van der Waals surface area contributed by atoms with Gasteiger partial charge in [0.2, 0.25) is 0 Å². The Morgan fingerprint density at radius 1 is 1.08 bits per heavy atom. The van der Waals surface area contributed by atoms with Gasteiger partial charge < -0.3 is 10.1 Å². The predicted octanol–water partition coefficient (Wildman–Crippen LogP) is 2.91. The second-order valence-electron chi connectivity index (χ2n) is 6.05. The molecule has 0 radical (unpaired) electrons. The quantitative estimate of drug-likeness (QED) is 0.887. The Morgan fingerprint density at radius 3 is 2.50 bits per heavy atom. The van der Waals surface area contributed by atoms with E-state index in [0.29, 0.717) is 37.9 Å². The Bertz CT molecular complexity index is 779. The van der Waals surface area contributed by atoms with Crippen LogP contribution in [0.3, 0.4) is 0 Å². The first kappa shape index (κ1) is 18.4. The lowest BCUT2D eigenvalue weighted by atomic mass is 10.0. The summed E-state index contributed by atoms with van der Waals surface area (Å²) in [7, 11) is 0. The van der Waals surface area contributed by atoms with Gasteiger partial charge >= 0.3 is 0 Å². The number of halogens is 3. The highest BCUT2D eigenvalue weighted by molar-refractivity contribution is 5.94. The summed E-state index contributed by atoms with van der Waals surface area (Å²) in [5.41, 5.74) is 0.484. The first-order valence-corrected chi connectivity index (χ1v) is 8.35. The van der Waals surface area contributed by atoms with E-state index in [1.165, 1.54) is 12.1 Å². The van der Waals surface area contributed by atoms with E-state index in [2.05, 4.69) is 10.2 Å². The summed E-state index contributed by atoms with van der Waals surface area (Å²) >= 11 is 0. The van der Waals surface area contributed by atoms with Gasteiger partial charge in [-0.3, -0.25) is 9.69 Å². The summed E-state index contributed by atoms with van der Waals surface area (Å²) in [6.45, 7) is 2.54. The largest absolute Gasteiger partial charge is 0.379 e. The van der Waals surface area contributed by atoms with Crippen molar-refractivity contribution in [2.45, 2.75) is 6.04 Å². The monoisotopic (exact) mass is 364 g/mol. The minimum Gasteiger partial charge on any atom is -0.379 e. The van der Waals surface area contributed by atoms with Gasteiger partial charge in [0.05, 0.1) is 24.8 Å². The zero-order chi connectivity index (χ0) is 18.5. The standard InChI is InChI=1S/C19H19F3N2O2/c20-14-3-1-2-13(10-14)18(24-6-8-26-9-7-24)12-23-19(25)16-5-4-15(21)11-17(16)22/h1-5,10-11,18H,6-9,12H2,(H,23,25). The zero-order valence-electron chi connectivity index (χ0n) is 14.1. The molecule has 2 aromatic rings. The van der Waals surface area contributed by atoms with Gasteiger partial charge in [0, 0.05) is 25.7 Å². The summed E-state index contributed by atoms with van der Waals surface area (Å²) in [4.78, 5) is 14.4. The van der Waals surface area contributed by atoms with Crippen LogP contribution in [0.4, 0.5) is 13.2 Å². The fourth-order valence-electron chi connectivity index (χ4n) is 3.02. The maximum absolute atomic E-state index is 13.8. The molecule has 0 aromatic heterocycles. The van der Waals surface area contributed by atoms with Crippen LogP contribution in [0.2, 0.25) is 0 Å². The van der Waals surface area contributed by atoms with Crippen molar-refractivity contribution < 1.29 is 22.7 Å². The van der Waals surface area contributed by atoms with Crippen LogP contribution in [0.25, 0.3) is 0 Å². The van der Waals surface area contributed by atoms with Gasteiger partial charge in [-0.25, -0.2) is 13.2 Å². The molecule has 1 atom stereocenters. The highest BCUT2D eigenvalue weighted by Gasteiger charge is 2.24. The van der Waals surface area contributed by atoms with Crippen LogP contribution in [0, 0.1) is 17.5 Å². The third kappa shape index (κ3) is 4.42. The molecule has 1 heterocycles. The third-order valence-electron chi connectivity index (χ3n) is 4.35. The third-order valence-corrected chi connectivity index (χ3v) is 4.35. The van der Waals surface area contributed by atoms with E-state index in [1.807, 2.05) is 0 Å². The molecule has 1 unspecified atom stereocenters. The number of ether oxygens (including phenoxy) is 1. The molecule has 2 aromatic carbocycles. The van der Waals surface area contributed by atoms with E-state index >= 15 is 0 Å². The van der Waals surface area contributed by atoms with Crippen LogP contribution < -0.4 is 5.32 Å². The minimum absolute atomic E-state index is 0.166. The van der Waals surface area contributed by atoms with Crippen molar-refractivity contribution >= 4 is 5.91 Å². The maximum Gasteiger partial charge on any atom is 0.254 e. The molecule has 0 spiro atoms. The van der Waals surface area contributed by atoms with E-state index in [1.54, 1.807) is 12.1 Å². The predicted molar refractivity (Wildman–Crippen MR) is 90.2 cm³/mol. The highest BCUT2D eigenvalue weighted by Crippen LogP contribution is 2.22. The first-order valence-electron chi connectivity index (χ1n) is 8.35. The lowest BCUT2D eigenvalue weighted by Crippen LogP contribution is -2.44. The SMILES string of the molecule is O=C(NCC(c1cccc(F)c1)N1CCOCC1)c1ccc(F)cc1F. The number of carbonyl (C=O) groups excluding carboxylic acids is 1. The van der Waals surface area contributed by atoms with Crippen LogP contribution in [0.5, 0.6) is 0 Å². The number of rotatable bonds is 5. The van der Waals surface area contributed by atoms with Crippen LogP contribution in [0.15, 0.2) is 42.5 Å². The molecule has 1 N–H and O–H groups in total. The van der Waals surface area contributed by atoms with Gasteiger partial charge in [0.25, 0.3) is 5.91 Å². The molecule has 7 heteroatoms. The zero-order valence-corrected chi connectivity index (χ0v) is 14.1. The van der Waals surface area contributed by atoms with Crippen LogP contribution in [-0.2, 0) is 4.74 Å². The topological polar surface area (TPSA) is 41.6 Å². The van der Waals surface area contributed by atoms with E-state index in [0.717, 1.165) is 12.1 Å². The van der Waals surface area contributed by atoms with Gasteiger partial charge in [-0.05, 0) is 29.8 Å². The Hall–Kier alpha value is -2.38. The molecule has 0 bridgehead atoms. The maximum atomic E-state index is 13.8. The van der Waals surface area contributed by atoms with Crippen molar-refractivity contribution in [3.05, 3.63) is 71.0 Å². The number of amides is 1. The number of nitrogens with one attached hydrogen (secondary N) is 1. The van der Waals surface area contributed by atoms with Crippen molar-refractivity contribution in [1.82, 2.24) is 10.2 Å². The smallest absolute Gasteiger partial charge is 0.254 e. The normalized spacial score (nSPS) is 16.3. The van der Waals surface area contributed by atoms with Gasteiger partial charge in [0.15, 0.2) is 0 Å². The first-order chi connectivity index (χ1) is 12.5. The minimum atomic E-state index is -0.920. The van der Waals surface area contributed by atoms with Crippen molar-refractivity contribution in [2.24, 2.45) is 0 Å². The second-order valence-corrected chi connectivity index (χ2v) is 6.05. The molecule has 0 saturated carbocycles. The molecule has 0 aliphatic carbocycles. The van der Waals surface area contributed by atoms with Gasteiger partial charge in [0.1, 0.15) is 17.5 Å². The van der Waals surface area contributed by atoms with Gasteiger partial charge in [-0.2, -0.15) is 0 Å². The summed E-state index contributed by atoms with van der Waals surface area (Å²) < 4.78 is 45.8. The average Bonchev–Trinajstić information content (AvgIpc) is 2.63. The van der Waals surface area contributed by atoms with Crippen molar-refractivity contribution in [3.8, 4) is 0 Å². The molecule has 138 valence electrons. The summed E-state index contributed by atoms with van der Waals surface area (Å²) in [6.07, 6.45) is 0. The fourth-order valence-corrected chi connectivity index (χ4v) is 3.02. The molecule has 1 amide bonds. The molecule has 1 fully saturated rings. The van der Waals surface area contributed by atoms with E-state index < -0.39 is 17.5 Å². The number of hydrogen-bond donors (Lipinski definition) is 1. The summed E-state index contributed by atoms with van der Waals surface area (Å²) in [5.74, 6) is -2.67. The van der Waals surface area contributed by atoms with E-state index in [4.69, 9.17) is 4.74 Å². The summed E-state index contributed by atoms with van der Waals surface area (Å²) in [6, 6.07) is 8.70. The lowest BCUT2D eigenvalue weighted by Gasteiger charge is -2.35. The average molecular weight is 364 g/mol. The number of nitrogens with zero attached hydrogens (tertiary/aromatic N) is 1. The Morgan fingerprint density at radius 2 is 1.81 bits per heavy atom. The molecule has 3 rings (SSSR count). The highest BCUT2D eigenvalue weighted by atomic mass is 19.1. The fraction of sp³-hybridized carbons (Fsp3) is 0.316. The van der Waals surface area contributed by atoms with Crippen molar-refractivity contribution in [1.29, 1.82) is 0 Å². The molecular weight excluding hydrogens is 345 g/mol. The number of carbonyl (C=O) groups is 1. The number of morpholine rings is 1. The van der Waals surface area contributed by atoms with Crippen LogP contribution in [-0.4, -0.2) is 43.7 Å². The van der Waals surface area contributed by atoms with E-state index in [-0.39, 0.29) is 24.0 Å². The lowest BCUT2D eigenvalue weighted by molar-refractivity contribution is 0.0161. The van der Waals surface area contributed by atoms with Crippen molar-refractivity contribution in [2.75, 3.05) is 32.8 Å². The molecule has 1 aliphatic rings. The van der Waals surface area contributed by atoms with Crippen molar-refractivity contribution in [3.63, 3.8) is 0 Å². The van der Waals surface area contributed by atoms with Gasteiger partial charge in [-0.15, -0.1) is 0 Å². The van der Waals surface area contributed by atoms with E-state index in [9.17, 15) is 18.0 Å². The molecule has 1 saturated heterocycles. The second kappa shape index (κ2) is 8.33. The Balaban J connectivity index is 1.76. The number of hydrogen-bond acceptors (Lipinski definition) is 3. The van der Waals surface area contributed by atoms with Crippen LogP contribution in [0.1, 0.15) is 22.0 Å². The number of benzene rings is 2.